The Morgan fingerprint density at radius 1 is 0.359 bits per heavy atom. The van der Waals surface area contributed by atoms with Gasteiger partial charge < -0.3 is 92.9 Å². The minimum Gasteiger partial charge on any atom is -0.497 e. The molecule has 16 aromatic rings. The molecule has 0 radical (unpaired) electrons. The van der Waals surface area contributed by atoms with Crippen LogP contribution < -0.4 is 54.2 Å². The molecule has 4 saturated carbocycles. The summed E-state index contributed by atoms with van der Waals surface area (Å²) in [5.41, 5.74) is 15.8. The molecular weight excluding hydrogens is 1840 g/mol. The number of aromatic carboxylic acids is 4. The van der Waals surface area contributed by atoms with Gasteiger partial charge in [-0.3, -0.25) is 14.4 Å². The van der Waals surface area contributed by atoms with Gasteiger partial charge in [0.15, 0.2) is 0 Å². The predicted octanol–water partition coefficient (Wildman–Crippen LogP) is 23.5. The number of hydrogen-bond donors (Lipinski definition) is 7. The van der Waals surface area contributed by atoms with Crippen molar-refractivity contribution in [1.29, 1.82) is 0 Å². The third kappa shape index (κ3) is 21.8. The Labute approximate surface area is 837 Å². The molecular formula is C117H114FN9O18. The Balaban J connectivity index is 0.000000132. The number of urea groups is 1. The van der Waals surface area contributed by atoms with Crippen LogP contribution in [0.15, 0.2) is 267 Å². The Morgan fingerprint density at radius 3 is 1.01 bits per heavy atom. The quantitative estimate of drug-likeness (QED) is 0.0212. The Morgan fingerprint density at radius 2 is 0.676 bits per heavy atom. The van der Waals surface area contributed by atoms with Crippen LogP contribution >= 0.6 is 0 Å². The van der Waals surface area contributed by atoms with E-state index in [2.05, 4.69) is 48.9 Å². The molecule has 4 aliphatic carbocycles. The minimum atomic E-state index is -1.08. The zero-order valence-electron chi connectivity index (χ0n) is 82.5. The number of carboxylic acids is 4. The van der Waals surface area contributed by atoms with Gasteiger partial charge >= 0.3 is 29.9 Å². The van der Waals surface area contributed by atoms with Crippen LogP contribution in [0, 0.1) is 23.6 Å². The number of ether oxygens (including phenoxy) is 6. The molecule has 4 aliphatic rings. The number of amides is 5. The molecule has 0 bridgehead atoms. The highest BCUT2D eigenvalue weighted by molar-refractivity contribution is 6.18. The van der Waals surface area contributed by atoms with Gasteiger partial charge in [-0.1, -0.05) is 178 Å². The molecule has 0 atom stereocenters. The molecule has 0 spiro atoms. The van der Waals surface area contributed by atoms with Crippen molar-refractivity contribution in [2.24, 2.45) is 17.8 Å². The minimum absolute atomic E-state index is 0.00953. The maximum atomic E-state index is 13.6. The molecule has 4 aromatic heterocycles. The van der Waals surface area contributed by atoms with Crippen molar-refractivity contribution in [2.45, 2.75) is 117 Å². The van der Waals surface area contributed by atoms with Gasteiger partial charge in [0.1, 0.15) is 63.1 Å². The van der Waals surface area contributed by atoms with E-state index in [1.165, 1.54) is 12.1 Å². The zero-order chi connectivity index (χ0) is 102. The van der Waals surface area contributed by atoms with Crippen LogP contribution in [0.4, 0.5) is 31.9 Å². The summed E-state index contributed by atoms with van der Waals surface area (Å²) in [6.45, 7) is 9.97. The fraction of sp³-hybridized carbons (Fsp3) is 0.248. The fourth-order valence-corrected chi connectivity index (χ4v) is 18.8. The third-order valence-corrected chi connectivity index (χ3v) is 26.6. The van der Waals surface area contributed by atoms with Crippen molar-refractivity contribution >= 4 is 114 Å². The largest absolute Gasteiger partial charge is 0.497 e. The number of nitrogens with zero attached hydrogens (tertiary/aromatic N) is 6. The highest BCUT2D eigenvalue weighted by Crippen LogP contribution is 2.48. The normalized spacial score (nSPS) is 13.1. The van der Waals surface area contributed by atoms with Gasteiger partial charge in [0.05, 0.1) is 87.0 Å². The molecule has 742 valence electrons. The first-order valence-corrected chi connectivity index (χ1v) is 48.2. The molecule has 27 nitrogen and oxygen atoms in total. The van der Waals surface area contributed by atoms with Crippen molar-refractivity contribution in [1.82, 2.24) is 23.6 Å². The second-order valence-electron chi connectivity index (χ2n) is 37.6. The lowest BCUT2D eigenvalue weighted by Crippen LogP contribution is -2.30. The van der Waals surface area contributed by atoms with Crippen LogP contribution in [0.25, 0.3) is 88.1 Å². The number of rotatable bonds is 31. The highest BCUT2D eigenvalue weighted by Gasteiger charge is 2.39. The summed E-state index contributed by atoms with van der Waals surface area (Å²) in [7, 11) is 11.5. The first kappa shape index (κ1) is 99.6. The maximum absolute atomic E-state index is 13.6. The van der Waals surface area contributed by atoms with Gasteiger partial charge in [-0.2, -0.15) is 0 Å². The average Bonchev–Trinajstić information content (AvgIpc) is 1.60. The van der Waals surface area contributed by atoms with E-state index < -0.39 is 23.9 Å². The number of nitrogens with one attached hydrogen (secondary N) is 3. The maximum Gasteiger partial charge on any atom is 0.353 e. The number of fused-ring (bicyclic) bond motifs is 4. The summed E-state index contributed by atoms with van der Waals surface area (Å²) < 4.78 is 53.0. The van der Waals surface area contributed by atoms with Crippen LogP contribution in [0.2, 0.25) is 0 Å². The van der Waals surface area contributed by atoms with E-state index in [0.717, 1.165) is 123 Å². The lowest BCUT2D eigenvalue weighted by molar-refractivity contribution is -0.120. The molecule has 5 amide bonds. The number of anilines is 4. The van der Waals surface area contributed by atoms with E-state index in [1.54, 1.807) is 89.8 Å². The summed E-state index contributed by atoms with van der Waals surface area (Å²) in [6.07, 6.45) is 7.22. The molecule has 145 heavy (non-hydrogen) atoms. The van der Waals surface area contributed by atoms with Crippen molar-refractivity contribution in [3.63, 3.8) is 0 Å². The number of carboxylic acid groups (broad SMARTS) is 4. The van der Waals surface area contributed by atoms with E-state index in [1.807, 2.05) is 237 Å². The Bertz CT molecular complexity index is 7610. The molecule has 4 heterocycles. The van der Waals surface area contributed by atoms with Gasteiger partial charge in [-0.25, -0.2) is 28.4 Å². The van der Waals surface area contributed by atoms with Crippen LogP contribution in [0.5, 0.6) is 34.5 Å². The van der Waals surface area contributed by atoms with Gasteiger partial charge in [0, 0.05) is 108 Å². The van der Waals surface area contributed by atoms with E-state index in [9.17, 15) is 63.2 Å². The van der Waals surface area contributed by atoms with E-state index in [4.69, 9.17) is 28.4 Å². The van der Waals surface area contributed by atoms with Crippen molar-refractivity contribution in [2.75, 3.05) is 76.7 Å². The summed E-state index contributed by atoms with van der Waals surface area (Å²) in [4.78, 5) is 106. The molecule has 12 aromatic carbocycles. The van der Waals surface area contributed by atoms with Crippen LogP contribution in [0.3, 0.4) is 0 Å². The highest BCUT2D eigenvalue weighted by atomic mass is 19.1. The Hall–Kier alpha value is -16.9. The molecule has 0 saturated heterocycles. The first-order chi connectivity index (χ1) is 70.0. The fourth-order valence-electron chi connectivity index (χ4n) is 18.8. The molecule has 7 N–H and O–H groups in total. The second kappa shape index (κ2) is 42.9. The monoisotopic (exact) mass is 1950 g/mol. The third-order valence-electron chi connectivity index (χ3n) is 26.6. The lowest BCUT2D eigenvalue weighted by Gasteiger charge is -2.20. The van der Waals surface area contributed by atoms with Crippen LogP contribution in [-0.2, 0) is 46.0 Å². The average molecular weight is 1950 g/mol. The molecule has 0 unspecified atom stereocenters. The number of halogens is 1. The summed E-state index contributed by atoms with van der Waals surface area (Å²) in [6, 6.07) is 81.1. The SMILES string of the molecule is CCOc1ccc(-c2c(C(=O)O)n(Cc3ccc(F)cc3)c3c(N(C)C(=O)C4CC4)cccc23)cc1.COc1ccc(-c2c(C(=O)O)n(Cc3cccc(OC)c3)c3c(N(C)C(=O)C4CC4)cccc23)cc1.COc1ccc(-c2c(C(=O)O)n(Cc3cccc(OC)c3)c3c(NC(=O)C4CC4)cccc23)cc1.COc1cccc(Cn2c(C(=O)O)c(-c3ccc(C(C)(C)C)cc3)c3cccc(NC(=O)NC4CC4)c32)c1. The second-order valence-corrected chi connectivity index (χ2v) is 37.6. The number of hydrogen-bond acceptors (Lipinski definition) is 14. The van der Waals surface area contributed by atoms with E-state index >= 15 is 0 Å². The zero-order valence-corrected chi connectivity index (χ0v) is 82.5. The number of carbonyl (C=O) groups excluding carboxylic acids is 4. The van der Waals surface area contributed by atoms with Crippen molar-refractivity contribution in [3.8, 4) is 79.0 Å². The Kier molecular flexibility index (Phi) is 29.5. The number of methoxy groups -OCH3 is 5. The lowest BCUT2D eigenvalue weighted by atomic mass is 9.86. The summed E-state index contributed by atoms with van der Waals surface area (Å²) >= 11 is 0. The van der Waals surface area contributed by atoms with Crippen LogP contribution in [0.1, 0.15) is 149 Å². The van der Waals surface area contributed by atoms with Crippen molar-refractivity contribution < 1.29 is 91.6 Å². The first-order valence-electron chi connectivity index (χ1n) is 48.2. The topological polar surface area (TPSA) is 335 Å². The van der Waals surface area contributed by atoms with Gasteiger partial charge in [-0.15, -0.1) is 0 Å². The number of para-hydroxylation sites is 4. The smallest absolute Gasteiger partial charge is 0.353 e. The van der Waals surface area contributed by atoms with Crippen molar-refractivity contribution in [3.05, 3.63) is 323 Å². The van der Waals surface area contributed by atoms with E-state index in [0.29, 0.717) is 128 Å². The molecule has 20 rings (SSSR count). The summed E-state index contributed by atoms with van der Waals surface area (Å²) in [5, 5.41) is 53.8. The molecule has 0 aliphatic heterocycles. The predicted molar refractivity (Wildman–Crippen MR) is 561 cm³/mol. The number of benzene rings is 12. The van der Waals surface area contributed by atoms with E-state index in [-0.39, 0.29) is 88.1 Å². The van der Waals surface area contributed by atoms with Crippen LogP contribution in [-0.4, -0.2) is 149 Å². The summed E-state index contributed by atoms with van der Waals surface area (Å²) in [5.74, 6) is -0.317. The standard InChI is InChI=1S/C31H33N3O4.C29H27FN2O4.C29H28N2O5.C28H26N2O5/c1-31(2,3)21-13-11-20(12-14-21)26-24-9-6-10-25(33-30(37)32-22-15-16-22)27(24)34(28(26)29(35)36)18-19-7-5-8-23(17-19)38-4;1-3-36-22-15-11-19(12-16-22)25-23-5-4-6-24(31(2)28(33)20-9-10-20)26(23)32(27(25)29(34)35)17-18-7-13-21(30)14-8-18;1-30(28(32)20-10-11-20)24-9-5-8-23-25(19-12-14-21(35-2)15-13-19)27(29(33)34)31(26(23)24)17-18-6-4-7-22(16-18)36-3;1-34-20-13-11-18(12-14-20)24-22-7-4-8-23(29-27(31)19-9-10-19)25(22)30(26(24)28(32)33)16-17-5-3-6-21(15-17)35-2/h5-14,17,22H,15-16,18H2,1-4H3,(H,35,36)(H2,32,33,37);4-8,11-16,20H,3,9-10,17H2,1-2H3,(H,34,35);4-9,12-16,20H,10-11,17H2,1-3H3,(H,33,34);3-8,11-15,19H,9-10,16H2,1-2H3,(H,29,31)(H,32,33). The number of carbonyl (C=O) groups is 8. The van der Waals surface area contributed by atoms with Gasteiger partial charge in [-0.05, 0) is 223 Å². The number of aromatic nitrogens is 4. The molecule has 28 heteroatoms. The van der Waals surface area contributed by atoms with Gasteiger partial charge in [0.2, 0.25) is 17.7 Å². The van der Waals surface area contributed by atoms with Gasteiger partial charge in [0.25, 0.3) is 0 Å². The molecule has 4 fully saturated rings.